The largest absolute Gasteiger partial charge is 0.497 e. The number of hydrogen-bond acceptors (Lipinski definition) is 4. The van der Waals surface area contributed by atoms with Crippen molar-refractivity contribution in [2.45, 2.75) is 26.8 Å². The SMILES string of the molecule is CCN(CC)C(=O)[C@@H](C)N(c1ccc(OC)cc1)S(C)(=O)=O. The molecule has 1 amide bonds. The number of sulfonamides is 1. The van der Waals surface area contributed by atoms with Gasteiger partial charge in [-0.25, -0.2) is 8.42 Å². The Balaban J connectivity index is 3.20. The lowest BCUT2D eigenvalue weighted by molar-refractivity contribution is -0.131. The summed E-state index contributed by atoms with van der Waals surface area (Å²) < 4.78 is 30.5. The molecule has 0 aliphatic heterocycles. The predicted octanol–water partition coefficient (Wildman–Crippen LogP) is 1.72. The van der Waals surface area contributed by atoms with Crippen LogP contribution in [0.2, 0.25) is 0 Å². The zero-order valence-corrected chi connectivity index (χ0v) is 14.6. The lowest BCUT2D eigenvalue weighted by atomic mass is 10.2. The molecule has 0 unspecified atom stereocenters. The van der Waals surface area contributed by atoms with Crippen molar-refractivity contribution < 1.29 is 17.9 Å². The summed E-state index contributed by atoms with van der Waals surface area (Å²) in [4.78, 5) is 14.1. The molecule has 0 bridgehead atoms. The molecule has 0 saturated heterocycles. The number of carbonyl (C=O) groups is 1. The van der Waals surface area contributed by atoms with E-state index in [-0.39, 0.29) is 5.91 Å². The third-order valence-electron chi connectivity index (χ3n) is 3.47. The lowest BCUT2D eigenvalue weighted by Crippen LogP contribution is -2.49. The number of rotatable bonds is 7. The second-order valence-corrected chi connectivity index (χ2v) is 6.80. The molecule has 0 fully saturated rings. The van der Waals surface area contributed by atoms with E-state index >= 15 is 0 Å². The number of ether oxygens (including phenoxy) is 1. The van der Waals surface area contributed by atoms with Crippen LogP contribution in [0.15, 0.2) is 24.3 Å². The number of methoxy groups -OCH3 is 1. The molecule has 7 heteroatoms. The molecule has 0 N–H and O–H groups in total. The van der Waals surface area contributed by atoms with Crippen molar-refractivity contribution in [3.63, 3.8) is 0 Å². The van der Waals surface area contributed by atoms with Crippen LogP contribution in [0.4, 0.5) is 5.69 Å². The Morgan fingerprint density at radius 1 is 1.18 bits per heavy atom. The summed E-state index contributed by atoms with van der Waals surface area (Å²) in [6.45, 7) is 6.42. The highest BCUT2D eigenvalue weighted by Crippen LogP contribution is 2.24. The predicted molar refractivity (Wildman–Crippen MR) is 87.7 cm³/mol. The van der Waals surface area contributed by atoms with Crippen LogP contribution < -0.4 is 9.04 Å². The molecule has 1 rings (SSSR count). The Morgan fingerprint density at radius 2 is 1.68 bits per heavy atom. The number of amides is 1. The maximum atomic E-state index is 12.5. The first-order valence-corrected chi connectivity index (χ1v) is 9.03. The summed E-state index contributed by atoms with van der Waals surface area (Å²) in [6, 6.07) is 5.80. The number of carbonyl (C=O) groups excluding carboxylic acids is 1. The van der Waals surface area contributed by atoms with E-state index in [1.807, 2.05) is 13.8 Å². The maximum Gasteiger partial charge on any atom is 0.246 e. The Labute approximate surface area is 132 Å². The Bertz CT molecular complexity index is 594. The minimum Gasteiger partial charge on any atom is -0.497 e. The fourth-order valence-electron chi connectivity index (χ4n) is 2.33. The third-order valence-corrected chi connectivity index (χ3v) is 4.71. The molecule has 0 aliphatic rings. The van der Waals surface area contributed by atoms with Gasteiger partial charge < -0.3 is 9.64 Å². The van der Waals surface area contributed by atoms with Gasteiger partial charge in [-0.05, 0) is 45.0 Å². The molecular formula is C15H24N2O4S. The number of anilines is 1. The number of likely N-dealkylation sites (N-methyl/N-ethyl adjacent to an activating group) is 1. The highest BCUT2D eigenvalue weighted by molar-refractivity contribution is 7.92. The van der Waals surface area contributed by atoms with Gasteiger partial charge in [0.2, 0.25) is 15.9 Å². The fraction of sp³-hybridized carbons (Fsp3) is 0.533. The molecule has 1 aromatic rings. The van der Waals surface area contributed by atoms with E-state index in [1.54, 1.807) is 36.1 Å². The van der Waals surface area contributed by atoms with Crippen LogP contribution in [0.5, 0.6) is 5.75 Å². The van der Waals surface area contributed by atoms with E-state index in [4.69, 9.17) is 4.74 Å². The van der Waals surface area contributed by atoms with E-state index in [0.29, 0.717) is 24.5 Å². The van der Waals surface area contributed by atoms with Gasteiger partial charge in [-0.1, -0.05) is 0 Å². The van der Waals surface area contributed by atoms with Gasteiger partial charge in [0, 0.05) is 13.1 Å². The zero-order valence-electron chi connectivity index (χ0n) is 13.7. The van der Waals surface area contributed by atoms with Crippen molar-refractivity contribution in [2.75, 3.05) is 30.8 Å². The lowest BCUT2D eigenvalue weighted by Gasteiger charge is -2.31. The third kappa shape index (κ3) is 4.13. The van der Waals surface area contributed by atoms with Crippen LogP contribution in [0, 0.1) is 0 Å². The van der Waals surface area contributed by atoms with E-state index in [1.165, 1.54) is 7.11 Å². The molecule has 22 heavy (non-hydrogen) atoms. The van der Waals surface area contributed by atoms with Crippen molar-refractivity contribution >= 4 is 21.6 Å². The minimum atomic E-state index is -3.59. The van der Waals surface area contributed by atoms with Gasteiger partial charge >= 0.3 is 0 Å². The summed E-state index contributed by atoms with van der Waals surface area (Å²) in [5, 5.41) is 0. The molecule has 1 atom stereocenters. The molecule has 0 aromatic heterocycles. The van der Waals surface area contributed by atoms with Gasteiger partial charge in [0.05, 0.1) is 19.1 Å². The molecule has 0 heterocycles. The van der Waals surface area contributed by atoms with Crippen LogP contribution in [-0.2, 0) is 14.8 Å². The highest BCUT2D eigenvalue weighted by atomic mass is 32.2. The smallest absolute Gasteiger partial charge is 0.246 e. The molecule has 0 spiro atoms. The summed E-state index contributed by atoms with van der Waals surface area (Å²) in [7, 11) is -2.05. The minimum absolute atomic E-state index is 0.216. The van der Waals surface area contributed by atoms with Crippen molar-refractivity contribution in [1.29, 1.82) is 0 Å². The van der Waals surface area contributed by atoms with E-state index < -0.39 is 16.1 Å². The van der Waals surface area contributed by atoms with Crippen molar-refractivity contribution in [3.05, 3.63) is 24.3 Å². The summed E-state index contributed by atoms with van der Waals surface area (Å²) in [5.41, 5.74) is 0.441. The van der Waals surface area contributed by atoms with E-state index in [2.05, 4.69) is 0 Å². The normalized spacial score (nSPS) is 12.6. The molecule has 124 valence electrons. The Hall–Kier alpha value is -1.76. The molecule has 0 radical (unpaired) electrons. The quantitative estimate of drug-likeness (QED) is 0.764. The number of benzene rings is 1. The first-order valence-electron chi connectivity index (χ1n) is 7.18. The van der Waals surface area contributed by atoms with Crippen LogP contribution in [0.1, 0.15) is 20.8 Å². The Morgan fingerprint density at radius 3 is 2.05 bits per heavy atom. The molecule has 6 nitrogen and oxygen atoms in total. The second-order valence-electron chi connectivity index (χ2n) is 4.94. The standard InChI is InChI=1S/C15H24N2O4S/c1-6-16(7-2)15(18)12(3)17(22(5,19)20)13-8-10-14(21-4)11-9-13/h8-12H,6-7H2,1-5H3/t12-/m1/s1. The van der Waals surface area contributed by atoms with Gasteiger partial charge in [-0.15, -0.1) is 0 Å². The van der Waals surface area contributed by atoms with E-state index in [9.17, 15) is 13.2 Å². The van der Waals surface area contributed by atoms with Gasteiger partial charge in [0.1, 0.15) is 11.8 Å². The van der Waals surface area contributed by atoms with Gasteiger partial charge in [0.15, 0.2) is 0 Å². The number of hydrogen-bond donors (Lipinski definition) is 0. The van der Waals surface area contributed by atoms with Crippen molar-refractivity contribution in [2.24, 2.45) is 0 Å². The van der Waals surface area contributed by atoms with Crippen LogP contribution in [0.25, 0.3) is 0 Å². The highest BCUT2D eigenvalue weighted by Gasteiger charge is 2.31. The molecule has 0 saturated carbocycles. The van der Waals surface area contributed by atoms with Gasteiger partial charge in [0.25, 0.3) is 0 Å². The van der Waals surface area contributed by atoms with Gasteiger partial charge in [-0.2, -0.15) is 0 Å². The summed E-state index contributed by atoms with van der Waals surface area (Å²) in [6.07, 6.45) is 1.10. The van der Waals surface area contributed by atoms with Crippen molar-refractivity contribution in [1.82, 2.24) is 4.90 Å². The van der Waals surface area contributed by atoms with Crippen LogP contribution >= 0.6 is 0 Å². The monoisotopic (exact) mass is 328 g/mol. The molecular weight excluding hydrogens is 304 g/mol. The van der Waals surface area contributed by atoms with E-state index in [0.717, 1.165) is 10.6 Å². The summed E-state index contributed by atoms with van der Waals surface area (Å²) >= 11 is 0. The fourth-order valence-corrected chi connectivity index (χ4v) is 3.50. The molecule has 0 aliphatic carbocycles. The molecule has 1 aromatic carbocycles. The average molecular weight is 328 g/mol. The van der Waals surface area contributed by atoms with Crippen LogP contribution in [0.3, 0.4) is 0 Å². The topological polar surface area (TPSA) is 66.9 Å². The Kier molecular flexibility index (Phi) is 6.22. The summed E-state index contributed by atoms with van der Waals surface area (Å²) in [5.74, 6) is 0.408. The van der Waals surface area contributed by atoms with Crippen LogP contribution in [-0.4, -0.2) is 51.7 Å². The van der Waals surface area contributed by atoms with Crippen molar-refractivity contribution in [3.8, 4) is 5.75 Å². The number of nitrogens with zero attached hydrogens (tertiary/aromatic N) is 2. The first kappa shape index (κ1) is 18.3. The van der Waals surface area contributed by atoms with Gasteiger partial charge in [-0.3, -0.25) is 9.10 Å². The first-order chi connectivity index (χ1) is 10.3. The maximum absolute atomic E-state index is 12.5. The average Bonchev–Trinajstić information content (AvgIpc) is 2.47. The zero-order chi connectivity index (χ0) is 16.9. The second kappa shape index (κ2) is 7.49.